The summed E-state index contributed by atoms with van der Waals surface area (Å²) < 4.78 is 32.6. The van der Waals surface area contributed by atoms with Crippen LogP contribution in [0.25, 0.3) is 0 Å². The fourth-order valence-corrected chi connectivity index (χ4v) is 3.87. The van der Waals surface area contributed by atoms with E-state index < -0.39 is 10.0 Å². The molecule has 0 bridgehead atoms. The lowest BCUT2D eigenvalue weighted by Gasteiger charge is -2.14. The van der Waals surface area contributed by atoms with E-state index in [1.54, 1.807) is 24.3 Å². The minimum atomic E-state index is -3.69. The molecule has 28 heavy (non-hydrogen) atoms. The van der Waals surface area contributed by atoms with Crippen molar-refractivity contribution in [2.45, 2.75) is 25.2 Å². The summed E-state index contributed by atoms with van der Waals surface area (Å²) in [6, 6.07) is 15.8. The normalized spacial score (nSPS) is 11.1. The first-order valence-corrected chi connectivity index (χ1v) is 10.4. The number of rotatable bonds is 7. The third-order valence-electron chi connectivity index (χ3n) is 4.38. The molecule has 0 aliphatic carbocycles. The van der Waals surface area contributed by atoms with Gasteiger partial charge in [0.2, 0.25) is 0 Å². The monoisotopic (exact) mass is 397 g/mol. The van der Waals surface area contributed by atoms with Crippen molar-refractivity contribution in [2.24, 2.45) is 0 Å². The van der Waals surface area contributed by atoms with Crippen molar-refractivity contribution in [1.82, 2.24) is 4.98 Å². The van der Waals surface area contributed by atoms with Crippen LogP contribution in [0.2, 0.25) is 0 Å². The lowest BCUT2D eigenvalue weighted by atomic mass is 10.1. The maximum atomic E-state index is 12.5. The van der Waals surface area contributed by atoms with Crippen molar-refractivity contribution >= 4 is 27.2 Å². The van der Waals surface area contributed by atoms with Crippen LogP contribution in [-0.4, -0.2) is 20.5 Å². The van der Waals surface area contributed by atoms with E-state index >= 15 is 0 Å². The smallest absolute Gasteiger partial charge is 0.261 e. The van der Waals surface area contributed by atoms with Crippen LogP contribution < -0.4 is 14.8 Å². The molecular weight excluding hydrogens is 374 g/mol. The van der Waals surface area contributed by atoms with E-state index in [-0.39, 0.29) is 4.90 Å². The predicted molar refractivity (Wildman–Crippen MR) is 112 cm³/mol. The number of ether oxygens (including phenoxy) is 1. The number of pyridine rings is 1. The fraction of sp³-hybridized carbons (Fsp3) is 0.190. The van der Waals surface area contributed by atoms with Crippen molar-refractivity contribution in [3.8, 4) is 5.75 Å². The van der Waals surface area contributed by atoms with Crippen molar-refractivity contribution in [2.75, 3.05) is 17.1 Å². The van der Waals surface area contributed by atoms with Gasteiger partial charge in [-0.2, -0.15) is 0 Å². The first-order valence-electron chi connectivity index (χ1n) is 8.91. The first-order chi connectivity index (χ1) is 13.4. The topological polar surface area (TPSA) is 80.3 Å². The van der Waals surface area contributed by atoms with Crippen LogP contribution in [0.5, 0.6) is 5.75 Å². The summed E-state index contributed by atoms with van der Waals surface area (Å²) >= 11 is 0. The molecule has 7 heteroatoms. The molecule has 146 valence electrons. The highest BCUT2D eigenvalue weighted by Crippen LogP contribution is 2.25. The van der Waals surface area contributed by atoms with Gasteiger partial charge in [0.25, 0.3) is 10.0 Å². The third-order valence-corrected chi connectivity index (χ3v) is 5.78. The molecule has 1 heterocycles. The number of sulfonamides is 1. The highest BCUT2D eigenvalue weighted by atomic mass is 32.2. The van der Waals surface area contributed by atoms with Gasteiger partial charge in [-0.25, -0.2) is 13.4 Å². The molecule has 2 aromatic carbocycles. The largest absolute Gasteiger partial charge is 0.497 e. The Morgan fingerprint density at radius 1 is 1.04 bits per heavy atom. The fourth-order valence-electron chi connectivity index (χ4n) is 2.83. The lowest BCUT2D eigenvalue weighted by Crippen LogP contribution is -2.13. The first kappa shape index (κ1) is 19.7. The van der Waals surface area contributed by atoms with Crippen molar-refractivity contribution < 1.29 is 13.2 Å². The summed E-state index contributed by atoms with van der Waals surface area (Å²) in [5, 5.41) is 3.32. The quantitative estimate of drug-likeness (QED) is 0.613. The van der Waals surface area contributed by atoms with Gasteiger partial charge >= 0.3 is 0 Å². The Morgan fingerprint density at radius 2 is 1.79 bits per heavy atom. The van der Waals surface area contributed by atoms with E-state index in [4.69, 9.17) is 4.74 Å². The summed E-state index contributed by atoms with van der Waals surface area (Å²) in [5.74, 6) is 1.25. The second-order valence-electron chi connectivity index (χ2n) is 6.30. The standard InChI is InChI=1S/C21H23N3O3S/c1-4-16-7-5-6-15(2)21(16)23-20-13-8-17(14-22-20)24-28(25,26)19-11-9-18(27-3)10-12-19/h5-14,24H,4H2,1-3H3,(H,22,23). The van der Waals surface area contributed by atoms with Crippen LogP contribution in [0.1, 0.15) is 18.1 Å². The zero-order valence-corrected chi connectivity index (χ0v) is 16.9. The van der Waals surface area contributed by atoms with Gasteiger partial charge in [-0.1, -0.05) is 25.1 Å². The van der Waals surface area contributed by atoms with Crippen LogP contribution in [-0.2, 0) is 16.4 Å². The second-order valence-corrected chi connectivity index (χ2v) is 7.98. The Kier molecular flexibility index (Phi) is 5.84. The maximum absolute atomic E-state index is 12.5. The van der Waals surface area contributed by atoms with E-state index in [2.05, 4.69) is 28.0 Å². The van der Waals surface area contributed by atoms with Crippen LogP contribution in [0.4, 0.5) is 17.2 Å². The van der Waals surface area contributed by atoms with E-state index in [0.29, 0.717) is 17.3 Å². The summed E-state index contributed by atoms with van der Waals surface area (Å²) in [5.41, 5.74) is 3.75. The van der Waals surface area contributed by atoms with Crippen LogP contribution in [0.3, 0.4) is 0 Å². The molecule has 0 unspecified atom stereocenters. The van der Waals surface area contributed by atoms with Gasteiger partial charge in [0.05, 0.1) is 23.9 Å². The number of hydrogen-bond acceptors (Lipinski definition) is 5. The van der Waals surface area contributed by atoms with E-state index in [1.807, 2.05) is 19.1 Å². The van der Waals surface area contributed by atoms with Crippen molar-refractivity contribution in [3.63, 3.8) is 0 Å². The van der Waals surface area contributed by atoms with E-state index in [0.717, 1.165) is 17.7 Å². The molecule has 3 rings (SSSR count). The molecule has 0 amide bonds. The number of nitrogens with one attached hydrogen (secondary N) is 2. The average Bonchev–Trinajstić information content (AvgIpc) is 2.70. The summed E-state index contributed by atoms with van der Waals surface area (Å²) in [6.07, 6.45) is 2.40. The number of hydrogen-bond donors (Lipinski definition) is 2. The minimum Gasteiger partial charge on any atom is -0.497 e. The molecule has 3 aromatic rings. The minimum absolute atomic E-state index is 0.156. The average molecular weight is 398 g/mol. The predicted octanol–water partition coefficient (Wildman–Crippen LogP) is 4.51. The van der Waals surface area contributed by atoms with E-state index in [9.17, 15) is 8.42 Å². The number of nitrogens with zero attached hydrogens (tertiary/aromatic N) is 1. The van der Waals surface area contributed by atoms with Gasteiger partial charge in [0.15, 0.2) is 0 Å². The van der Waals surface area contributed by atoms with E-state index in [1.165, 1.54) is 31.0 Å². The highest BCUT2D eigenvalue weighted by molar-refractivity contribution is 7.92. The molecule has 0 atom stereocenters. The molecular formula is C21H23N3O3S. The Balaban J connectivity index is 1.76. The third kappa shape index (κ3) is 4.43. The molecule has 0 aliphatic heterocycles. The molecule has 0 aliphatic rings. The van der Waals surface area contributed by atoms with Crippen molar-refractivity contribution in [1.29, 1.82) is 0 Å². The Morgan fingerprint density at radius 3 is 2.39 bits per heavy atom. The Labute approximate surface area is 165 Å². The summed E-state index contributed by atoms with van der Waals surface area (Å²) in [4.78, 5) is 4.49. The van der Waals surface area contributed by atoms with Gasteiger partial charge in [0, 0.05) is 5.69 Å². The summed E-state index contributed by atoms with van der Waals surface area (Å²) in [7, 11) is -2.16. The van der Waals surface area contributed by atoms with Gasteiger partial charge in [-0.15, -0.1) is 0 Å². The van der Waals surface area contributed by atoms with Gasteiger partial charge in [-0.05, 0) is 60.9 Å². The Hall–Kier alpha value is -3.06. The SMILES string of the molecule is CCc1cccc(C)c1Nc1ccc(NS(=O)(=O)c2ccc(OC)cc2)cn1. The molecule has 0 spiro atoms. The molecule has 0 fully saturated rings. The highest BCUT2D eigenvalue weighted by Gasteiger charge is 2.14. The Bertz CT molecular complexity index is 1050. The van der Waals surface area contributed by atoms with Gasteiger partial charge in [-0.3, -0.25) is 4.72 Å². The van der Waals surface area contributed by atoms with Crippen LogP contribution in [0, 0.1) is 6.92 Å². The van der Waals surface area contributed by atoms with Crippen LogP contribution in [0.15, 0.2) is 65.7 Å². The number of benzene rings is 2. The molecule has 1 aromatic heterocycles. The molecule has 6 nitrogen and oxygen atoms in total. The zero-order chi connectivity index (χ0) is 20.1. The maximum Gasteiger partial charge on any atom is 0.261 e. The second kappa shape index (κ2) is 8.31. The zero-order valence-electron chi connectivity index (χ0n) is 16.1. The molecule has 2 N–H and O–H groups in total. The number of aryl methyl sites for hydroxylation is 2. The molecule has 0 saturated carbocycles. The van der Waals surface area contributed by atoms with Gasteiger partial charge in [0.1, 0.15) is 11.6 Å². The number of methoxy groups -OCH3 is 1. The number of aromatic nitrogens is 1. The molecule has 0 radical (unpaired) electrons. The number of para-hydroxylation sites is 1. The van der Waals surface area contributed by atoms with Crippen molar-refractivity contribution in [3.05, 3.63) is 71.9 Å². The molecule has 0 saturated heterocycles. The summed E-state index contributed by atoms with van der Waals surface area (Å²) in [6.45, 7) is 4.14. The van der Waals surface area contributed by atoms with Crippen LogP contribution >= 0.6 is 0 Å². The van der Waals surface area contributed by atoms with Gasteiger partial charge < -0.3 is 10.1 Å². The number of anilines is 3. The lowest BCUT2D eigenvalue weighted by molar-refractivity contribution is 0.414.